The first-order valence-electron chi connectivity index (χ1n) is 7.54. The van der Waals surface area contributed by atoms with E-state index in [2.05, 4.69) is 4.74 Å². The van der Waals surface area contributed by atoms with Crippen LogP contribution in [0, 0.1) is 0 Å². The lowest BCUT2D eigenvalue weighted by atomic mass is 10.2. The number of hydrogen-bond donors (Lipinski definition) is 1. The molecule has 1 aromatic carbocycles. The molecule has 0 aromatic heterocycles. The third kappa shape index (κ3) is 8.31. The molecule has 9 heteroatoms. The third-order valence-corrected chi connectivity index (χ3v) is 3.13. The average Bonchev–Trinajstić information content (AvgIpc) is 2.43. The van der Waals surface area contributed by atoms with Crippen LogP contribution in [0.4, 0.5) is 18.0 Å². The highest BCUT2D eigenvalue weighted by Gasteiger charge is 2.32. The lowest BCUT2D eigenvalue weighted by Crippen LogP contribution is -2.37. The molecule has 1 rings (SSSR count). The van der Waals surface area contributed by atoms with Gasteiger partial charge in [0.25, 0.3) is 0 Å². The van der Waals surface area contributed by atoms with Gasteiger partial charge in [0, 0.05) is 19.7 Å². The number of hydrogen-bond acceptors (Lipinski definition) is 4. The molecule has 0 aliphatic carbocycles. The van der Waals surface area contributed by atoms with Crippen molar-refractivity contribution in [2.24, 2.45) is 0 Å². The molecule has 0 unspecified atom stereocenters. The molecule has 0 heterocycles. The zero-order valence-corrected chi connectivity index (χ0v) is 14.9. The lowest BCUT2D eigenvalue weighted by molar-refractivity contribution is -0.274. The van der Waals surface area contributed by atoms with Crippen LogP contribution in [-0.4, -0.2) is 41.2 Å². The zero-order chi connectivity index (χ0) is 19.3. The molecular weight excluding hydrogens is 363 g/mol. The van der Waals surface area contributed by atoms with Crippen LogP contribution >= 0.6 is 11.6 Å². The molecule has 0 aliphatic rings. The van der Waals surface area contributed by atoms with Gasteiger partial charge in [0.2, 0.25) is 0 Å². The Labute approximate surface area is 149 Å². The summed E-state index contributed by atoms with van der Waals surface area (Å²) < 4.78 is 45.9. The summed E-state index contributed by atoms with van der Waals surface area (Å²) in [4.78, 5) is 13.6. The van der Waals surface area contributed by atoms with E-state index in [1.165, 1.54) is 17.0 Å². The molecule has 0 atom stereocenters. The van der Waals surface area contributed by atoms with Crippen LogP contribution in [0.15, 0.2) is 18.2 Å². The van der Waals surface area contributed by atoms with Crippen molar-refractivity contribution >= 4 is 17.7 Å². The summed E-state index contributed by atoms with van der Waals surface area (Å²) in [5.41, 5.74) is -0.195. The van der Waals surface area contributed by atoms with Gasteiger partial charge in [0.05, 0.1) is 5.02 Å². The highest BCUT2D eigenvalue weighted by atomic mass is 35.5. The predicted octanol–water partition coefficient (Wildman–Crippen LogP) is 4.36. The molecule has 142 valence electrons. The minimum absolute atomic E-state index is 0.0704. The van der Waals surface area contributed by atoms with E-state index in [9.17, 15) is 18.0 Å². The van der Waals surface area contributed by atoms with E-state index >= 15 is 0 Å². The molecule has 0 saturated carbocycles. The van der Waals surface area contributed by atoms with Crippen LogP contribution in [0.2, 0.25) is 5.02 Å². The van der Waals surface area contributed by atoms with Gasteiger partial charge in [-0.2, -0.15) is 0 Å². The molecule has 0 aliphatic heterocycles. The first-order valence-corrected chi connectivity index (χ1v) is 7.92. The number of halogens is 4. The summed E-state index contributed by atoms with van der Waals surface area (Å²) in [5.74, 6) is -0.517. The smallest absolute Gasteiger partial charge is 0.444 e. The summed E-state index contributed by atoms with van der Waals surface area (Å²) in [6, 6.07) is 3.76. The Morgan fingerprint density at radius 3 is 2.40 bits per heavy atom. The fourth-order valence-corrected chi connectivity index (χ4v) is 2.14. The van der Waals surface area contributed by atoms with Crippen LogP contribution in [0.3, 0.4) is 0 Å². The summed E-state index contributed by atoms with van der Waals surface area (Å²) in [7, 11) is 0. The quantitative estimate of drug-likeness (QED) is 0.793. The monoisotopic (exact) mass is 383 g/mol. The maximum atomic E-state index is 12.3. The number of alkyl halides is 3. The Kier molecular flexibility index (Phi) is 7.37. The number of aliphatic hydroxyl groups is 1. The highest BCUT2D eigenvalue weighted by molar-refractivity contribution is 6.32. The lowest BCUT2D eigenvalue weighted by Gasteiger charge is -2.27. The van der Waals surface area contributed by atoms with Crippen molar-refractivity contribution in [1.82, 2.24) is 4.90 Å². The van der Waals surface area contributed by atoms with Crippen molar-refractivity contribution in [2.45, 2.75) is 45.7 Å². The van der Waals surface area contributed by atoms with E-state index in [-0.39, 0.29) is 24.7 Å². The molecular formula is C16H21ClF3NO4. The first-order chi connectivity index (χ1) is 11.4. The fourth-order valence-electron chi connectivity index (χ4n) is 1.89. The number of ether oxygens (including phenoxy) is 2. The van der Waals surface area contributed by atoms with E-state index < -0.39 is 23.8 Å². The number of carbonyl (C=O) groups excluding carboxylic acids is 1. The van der Waals surface area contributed by atoms with E-state index in [0.29, 0.717) is 12.0 Å². The summed E-state index contributed by atoms with van der Waals surface area (Å²) >= 11 is 5.81. The summed E-state index contributed by atoms with van der Waals surface area (Å²) in [5, 5.41) is 8.74. The van der Waals surface area contributed by atoms with E-state index in [0.717, 1.165) is 6.07 Å². The maximum Gasteiger partial charge on any atom is 0.573 e. The van der Waals surface area contributed by atoms with Crippen LogP contribution in [0.5, 0.6) is 5.75 Å². The van der Waals surface area contributed by atoms with E-state index in [1.807, 2.05) is 0 Å². The van der Waals surface area contributed by atoms with Gasteiger partial charge in [0.1, 0.15) is 11.4 Å². The van der Waals surface area contributed by atoms with Gasteiger partial charge in [-0.3, -0.25) is 0 Å². The Morgan fingerprint density at radius 1 is 1.28 bits per heavy atom. The molecule has 1 amide bonds. The highest BCUT2D eigenvalue weighted by Crippen LogP contribution is 2.31. The Balaban J connectivity index is 2.89. The number of carbonyl (C=O) groups is 1. The van der Waals surface area contributed by atoms with Crippen LogP contribution in [0.1, 0.15) is 32.8 Å². The summed E-state index contributed by atoms with van der Waals surface area (Å²) in [6.45, 7) is 5.34. The number of benzene rings is 1. The van der Waals surface area contributed by atoms with Gasteiger partial charge >= 0.3 is 12.5 Å². The van der Waals surface area contributed by atoms with E-state index in [1.54, 1.807) is 20.8 Å². The molecule has 1 aromatic rings. The number of nitrogens with zero attached hydrogens (tertiary/aromatic N) is 1. The van der Waals surface area contributed by atoms with Crippen molar-refractivity contribution in [1.29, 1.82) is 0 Å². The Bertz CT molecular complexity index is 588. The van der Waals surface area contributed by atoms with Gasteiger partial charge in [0.15, 0.2) is 0 Å². The van der Waals surface area contributed by atoms with Crippen molar-refractivity contribution in [3.05, 3.63) is 28.8 Å². The summed E-state index contributed by atoms with van der Waals surface area (Å²) in [6.07, 6.45) is -5.09. The molecule has 0 saturated heterocycles. The van der Waals surface area contributed by atoms with Crippen LogP contribution in [0.25, 0.3) is 0 Å². The van der Waals surface area contributed by atoms with Gasteiger partial charge in [-0.05, 0) is 44.9 Å². The molecule has 0 spiro atoms. The first kappa shape index (κ1) is 21.4. The second-order valence-corrected chi connectivity index (χ2v) is 6.70. The van der Waals surface area contributed by atoms with Crippen LogP contribution in [-0.2, 0) is 11.3 Å². The van der Waals surface area contributed by atoms with Gasteiger partial charge < -0.3 is 19.5 Å². The number of aliphatic hydroxyl groups excluding tert-OH is 1. The molecule has 0 bridgehead atoms. The minimum atomic E-state index is -4.84. The second kappa shape index (κ2) is 8.62. The average molecular weight is 384 g/mol. The largest absolute Gasteiger partial charge is 0.573 e. The van der Waals surface area contributed by atoms with Crippen molar-refractivity contribution < 1.29 is 32.5 Å². The van der Waals surface area contributed by atoms with Gasteiger partial charge in [-0.25, -0.2) is 4.79 Å². The third-order valence-electron chi connectivity index (χ3n) is 2.83. The molecule has 0 radical (unpaired) electrons. The Morgan fingerprint density at radius 2 is 1.92 bits per heavy atom. The topological polar surface area (TPSA) is 59.0 Å². The SMILES string of the molecule is CC(C)(C)OC(=O)N(CCCO)Cc1ccc(OC(F)(F)F)c(Cl)c1. The fraction of sp³-hybridized carbons (Fsp3) is 0.562. The van der Waals surface area contributed by atoms with Crippen molar-refractivity contribution in [3.63, 3.8) is 0 Å². The standard InChI is InChI=1S/C16H21ClF3NO4/c1-15(2,3)25-14(23)21(7-4-8-22)10-11-5-6-13(12(17)9-11)24-16(18,19)20/h5-6,9,22H,4,7-8,10H2,1-3H3. The van der Waals surface area contributed by atoms with Crippen molar-refractivity contribution in [3.8, 4) is 5.75 Å². The van der Waals surface area contributed by atoms with Crippen molar-refractivity contribution in [2.75, 3.05) is 13.2 Å². The zero-order valence-electron chi connectivity index (χ0n) is 14.2. The van der Waals surface area contributed by atoms with E-state index in [4.69, 9.17) is 21.4 Å². The minimum Gasteiger partial charge on any atom is -0.444 e. The molecule has 5 nitrogen and oxygen atoms in total. The second-order valence-electron chi connectivity index (χ2n) is 6.29. The molecule has 25 heavy (non-hydrogen) atoms. The molecule has 0 fully saturated rings. The number of rotatable bonds is 6. The van der Waals surface area contributed by atoms with Crippen LogP contribution < -0.4 is 4.74 Å². The Hall–Kier alpha value is -1.67. The maximum absolute atomic E-state index is 12.3. The van der Waals surface area contributed by atoms with Gasteiger partial charge in [-0.1, -0.05) is 17.7 Å². The predicted molar refractivity (Wildman–Crippen MR) is 86.5 cm³/mol. The number of amides is 1. The van der Waals surface area contributed by atoms with Gasteiger partial charge in [-0.15, -0.1) is 13.2 Å². The normalized spacial score (nSPS) is 12.0. The molecule has 1 N–H and O–H groups in total.